The first-order valence-corrected chi connectivity index (χ1v) is 7.74. The second kappa shape index (κ2) is 7.66. The van der Waals surface area contributed by atoms with E-state index in [2.05, 4.69) is 42.3 Å². The SMILES string of the molecule is CN(CC1CCCCC1)C(CN)Cc1ccccc1. The molecule has 0 amide bonds. The number of likely N-dealkylation sites (N-methyl/N-ethyl adjacent to an activating group) is 1. The highest BCUT2D eigenvalue weighted by molar-refractivity contribution is 5.16. The smallest absolute Gasteiger partial charge is 0.0255 e. The fraction of sp³-hybridized carbons (Fsp3) is 0.647. The average molecular weight is 260 g/mol. The van der Waals surface area contributed by atoms with Gasteiger partial charge in [0.2, 0.25) is 0 Å². The molecule has 19 heavy (non-hydrogen) atoms. The molecule has 2 N–H and O–H groups in total. The summed E-state index contributed by atoms with van der Waals surface area (Å²) in [6, 6.07) is 11.2. The van der Waals surface area contributed by atoms with E-state index in [9.17, 15) is 0 Å². The molecule has 2 rings (SSSR count). The van der Waals surface area contributed by atoms with Crippen molar-refractivity contribution in [3.8, 4) is 0 Å². The topological polar surface area (TPSA) is 29.3 Å². The van der Waals surface area contributed by atoms with E-state index < -0.39 is 0 Å². The second-order valence-electron chi connectivity index (χ2n) is 6.02. The van der Waals surface area contributed by atoms with Crippen molar-refractivity contribution in [2.24, 2.45) is 11.7 Å². The van der Waals surface area contributed by atoms with Crippen LogP contribution >= 0.6 is 0 Å². The van der Waals surface area contributed by atoms with Crippen molar-refractivity contribution >= 4 is 0 Å². The van der Waals surface area contributed by atoms with Gasteiger partial charge in [-0.1, -0.05) is 49.6 Å². The first-order chi connectivity index (χ1) is 9.29. The maximum atomic E-state index is 5.98. The Bertz CT molecular complexity index is 344. The quantitative estimate of drug-likeness (QED) is 0.851. The Morgan fingerprint density at radius 3 is 2.47 bits per heavy atom. The number of benzene rings is 1. The van der Waals surface area contributed by atoms with Crippen LogP contribution in [0.2, 0.25) is 0 Å². The van der Waals surface area contributed by atoms with E-state index >= 15 is 0 Å². The molecule has 1 aromatic carbocycles. The van der Waals surface area contributed by atoms with Crippen LogP contribution in [0.3, 0.4) is 0 Å². The van der Waals surface area contributed by atoms with Crippen molar-refractivity contribution < 1.29 is 0 Å². The molecule has 106 valence electrons. The molecule has 2 nitrogen and oxygen atoms in total. The van der Waals surface area contributed by atoms with Crippen molar-refractivity contribution in [1.82, 2.24) is 4.90 Å². The summed E-state index contributed by atoms with van der Waals surface area (Å²) in [6.45, 7) is 1.97. The van der Waals surface area contributed by atoms with Crippen LogP contribution in [0.25, 0.3) is 0 Å². The van der Waals surface area contributed by atoms with Gasteiger partial charge in [-0.25, -0.2) is 0 Å². The fourth-order valence-corrected chi connectivity index (χ4v) is 3.23. The summed E-state index contributed by atoms with van der Waals surface area (Å²) in [5, 5.41) is 0. The summed E-state index contributed by atoms with van der Waals surface area (Å²) in [5.74, 6) is 0.892. The van der Waals surface area contributed by atoms with Crippen LogP contribution in [0.1, 0.15) is 37.7 Å². The van der Waals surface area contributed by atoms with Crippen molar-refractivity contribution in [2.45, 2.75) is 44.6 Å². The number of rotatable bonds is 6. The van der Waals surface area contributed by atoms with Crippen molar-refractivity contribution in [2.75, 3.05) is 20.1 Å². The summed E-state index contributed by atoms with van der Waals surface area (Å²) >= 11 is 0. The van der Waals surface area contributed by atoms with Gasteiger partial charge in [-0.3, -0.25) is 0 Å². The Labute approximate surface area is 118 Å². The minimum absolute atomic E-state index is 0.476. The molecule has 0 saturated heterocycles. The molecule has 1 atom stereocenters. The Balaban J connectivity index is 1.85. The fourth-order valence-electron chi connectivity index (χ4n) is 3.23. The molecule has 2 heteroatoms. The molecular weight excluding hydrogens is 232 g/mol. The summed E-state index contributed by atoms with van der Waals surface area (Å²) in [7, 11) is 2.25. The number of nitrogens with two attached hydrogens (primary N) is 1. The Morgan fingerprint density at radius 1 is 1.16 bits per heavy atom. The van der Waals surface area contributed by atoms with Crippen LogP contribution in [-0.4, -0.2) is 31.1 Å². The maximum absolute atomic E-state index is 5.98. The third kappa shape index (κ3) is 4.63. The molecule has 0 aliphatic heterocycles. The zero-order chi connectivity index (χ0) is 13.5. The highest BCUT2D eigenvalue weighted by Crippen LogP contribution is 2.24. The highest BCUT2D eigenvalue weighted by atomic mass is 15.1. The molecule has 1 fully saturated rings. The number of hydrogen-bond donors (Lipinski definition) is 1. The molecule has 0 bridgehead atoms. The second-order valence-corrected chi connectivity index (χ2v) is 6.02. The van der Waals surface area contributed by atoms with E-state index in [1.165, 1.54) is 44.2 Å². The molecule has 1 saturated carbocycles. The van der Waals surface area contributed by atoms with Gasteiger partial charge in [-0.05, 0) is 37.8 Å². The van der Waals surface area contributed by atoms with Gasteiger partial charge < -0.3 is 10.6 Å². The van der Waals surface area contributed by atoms with E-state index in [0.717, 1.165) is 18.9 Å². The van der Waals surface area contributed by atoms with E-state index in [4.69, 9.17) is 5.73 Å². The summed E-state index contributed by atoms with van der Waals surface area (Å²) in [6.07, 6.45) is 8.17. The van der Waals surface area contributed by atoms with E-state index in [1.54, 1.807) is 0 Å². The van der Waals surface area contributed by atoms with Gasteiger partial charge >= 0.3 is 0 Å². The van der Waals surface area contributed by atoms with Crippen LogP contribution in [0.5, 0.6) is 0 Å². The largest absolute Gasteiger partial charge is 0.329 e. The molecule has 0 heterocycles. The molecule has 1 aliphatic carbocycles. The van der Waals surface area contributed by atoms with Crippen molar-refractivity contribution in [1.29, 1.82) is 0 Å². The minimum Gasteiger partial charge on any atom is -0.329 e. The van der Waals surface area contributed by atoms with Crippen molar-refractivity contribution in [3.63, 3.8) is 0 Å². The van der Waals surface area contributed by atoms with Crippen LogP contribution in [0, 0.1) is 5.92 Å². The van der Waals surface area contributed by atoms with Gasteiger partial charge in [-0.15, -0.1) is 0 Å². The minimum atomic E-state index is 0.476. The summed E-state index contributed by atoms with van der Waals surface area (Å²) in [5.41, 5.74) is 7.38. The first kappa shape index (κ1) is 14.5. The van der Waals surface area contributed by atoms with Gasteiger partial charge in [0.1, 0.15) is 0 Å². The molecule has 1 unspecified atom stereocenters. The summed E-state index contributed by atoms with van der Waals surface area (Å²) < 4.78 is 0. The van der Waals surface area contributed by atoms with E-state index in [-0.39, 0.29) is 0 Å². The maximum Gasteiger partial charge on any atom is 0.0255 e. The van der Waals surface area contributed by atoms with Gasteiger partial charge in [0.15, 0.2) is 0 Å². The third-order valence-electron chi connectivity index (χ3n) is 4.48. The lowest BCUT2D eigenvalue weighted by Gasteiger charge is -2.32. The monoisotopic (exact) mass is 260 g/mol. The van der Waals surface area contributed by atoms with Gasteiger partial charge in [0, 0.05) is 19.1 Å². The van der Waals surface area contributed by atoms with Crippen LogP contribution in [-0.2, 0) is 6.42 Å². The number of nitrogens with zero attached hydrogens (tertiary/aromatic N) is 1. The third-order valence-corrected chi connectivity index (χ3v) is 4.48. The lowest BCUT2D eigenvalue weighted by atomic mass is 9.88. The lowest BCUT2D eigenvalue weighted by Crippen LogP contribution is -2.42. The first-order valence-electron chi connectivity index (χ1n) is 7.74. The molecule has 1 aliphatic rings. The highest BCUT2D eigenvalue weighted by Gasteiger charge is 2.19. The standard InChI is InChI=1S/C17H28N2/c1-19(14-16-10-6-3-7-11-16)17(13-18)12-15-8-4-2-5-9-15/h2,4-5,8-9,16-17H,3,6-7,10-14,18H2,1H3. The van der Waals surface area contributed by atoms with Gasteiger partial charge in [0.05, 0.1) is 0 Å². The Kier molecular flexibility index (Phi) is 5.87. The Hall–Kier alpha value is -0.860. The predicted molar refractivity (Wildman–Crippen MR) is 82.2 cm³/mol. The van der Waals surface area contributed by atoms with E-state index in [0.29, 0.717) is 6.04 Å². The average Bonchev–Trinajstić information content (AvgIpc) is 2.47. The zero-order valence-corrected chi connectivity index (χ0v) is 12.2. The zero-order valence-electron chi connectivity index (χ0n) is 12.2. The number of hydrogen-bond acceptors (Lipinski definition) is 2. The molecular formula is C17H28N2. The molecule has 0 radical (unpaired) electrons. The van der Waals surface area contributed by atoms with Crippen LogP contribution < -0.4 is 5.73 Å². The van der Waals surface area contributed by atoms with Gasteiger partial charge in [0.25, 0.3) is 0 Å². The Morgan fingerprint density at radius 2 is 1.84 bits per heavy atom. The van der Waals surface area contributed by atoms with Crippen molar-refractivity contribution in [3.05, 3.63) is 35.9 Å². The van der Waals surface area contributed by atoms with E-state index in [1.807, 2.05) is 0 Å². The normalized spacial score (nSPS) is 18.7. The summed E-state index contributed by atoms with van der Waals surface area (Å²) in [4.78, 5) is 2.49. The predicted octanol–water partition coefficient (Wildman–Crippen LogP) is 3.07. The molecule has 0 spiro atoms. The van der Waals surface area contributed by atoms with Crippen LogP contribution in [0.15, 0.2) is 30.3 Å². The van der Waals surface area contributed by atoms with Crippen LogP contribution in [0.4, 0.5) is 0 Å². The lowest BCUT2D eigenvalue weighted by molar-refractivity contribution is 0.184. The molecule has 1 aromatic rings. The molecule has 0 aromatic heterocycles. The van der Waals surface area contributed by atoms with Gasteiger partial charge in [-0.2, -0.15) is 0 Å².